The molecule has 0 aliphatic carbocycles. The third kappa shape index (κ3) is 3.50. The number of thiol groups is 1. The predicted molar refractivity (Wildman–Crippen MR) is 40.4 cm³/mol. The molecular weight excluding hydrogens is 228 g/mol. The molecule has 0 bridgehead atoms. The Morgan fingerprint density at radius 3 is 2.17 bits per heavy atom. The van der Waals surface area contributed by atoms with Crippen LogP contribution < -0.4 is 0 Å². The summed E-state index contributed by atoms with van der Waals surface area (Å²) in [4.78, 5) is 0.529. The van der Waals surface area contributed by atoms with E-state index >= 15 is 0 Å². The molecule has 3 heteroatoms. The van der Waals surface area contributed by atoms with Crippen LogP contribution in [-0.2, 0) is 0 Å². The number of hydrogen-bond acceptors (Lipinski definition) is 1. The highest BCUT2D eigenvalue weighted by molar-refractivity contribution is 9.12. The molecule has 0 N–H and O–H groups in total. The molecular formula is C3H6Br2S. The van der Waals surface area contributed by atoms with Gasteiger partial charge in [-0.15, -0.1) is 0 Å². The van der Waals surface area contributed by atoms with Crippen molar-refractivity contribution in [3.63, 3.8) is 0 Å². The second-order valence-electron chi connectivity index (χ2n) is 0.934. The minimum absolute atomic E-state index is 0.529. The summed E-state index contributed by atoms with van der Waals surface area (Å²) in [5.41, 5.74) is 0. The van der Waals surface area contributed by atoms with Gasteiger partial charge in [-0.05, 0) is 0 Å². The van der Waals surface area contributed by atoms with E-state index in [9.17, 15) is 0 Å². The van der Waals surface area contributed by atoms with Crippen molar-refractivity contribution in [2.24, 2.45) is 0 Å². The van der Waals surface area contributed by atoms with Crippen molar-refractivity contribution >= 4 is 44.5 Å². The fraction of sp³-hybridized carbons (Fsp3) is 1.00. The zero-order valence-corrected chi connectivity index (χ0v) is 7.26. The van der Waals surface area contributed by atoms with Crippen molar-refractivity contribution in [1.82, 2.24) is 0 Å². The minimum Gasteiger partial charge on any atom is -0.178 e. The Morgan fingerprint density at radius 1 is 1.67 bits per heavy atom. The van der Waals surface area contributed by atoms with Gasteiger partial charge in [0.05, 0.1) is 0 Å². The summed E-state index contributed by atoms with van der Waals surface area (Å²) in [5.74, 6) is 0.894. The maximum atomic E-state index is 4.02. The lowest BCUT2D eigenvalue weighted by Gasteiger charge is -1.94. The van der Waals surface area contributed by atoms with Gasteiger partial charge in [-0.1, -0.05) is 31.9 Å². The Hall–Kier alpha value is 1.31. The van der Waals surface area contributed by atoms with Crippen LogP contribution in [0.2, 0.25) is 0 Å². The second kappa shape index (κ2) is 4.47. The third-order valence-corrected chi connectivity index (χ3v) is 3.60. The van der Waals surface area contributed by atoms with Crippen LogP contribution in [0, 0.1) is 0 Å². The highest BCUT2D eigenvalue weighted by atomic mass is 79.9. The van der Waals surface area contributed by atoms with Gasteiger partial charge >= 0.3 is 0 Å². The summed E-state index contributed by atoms with van der Waals surface area (Å²) < 4.78 is 0. The molecule has 1 atom stereocenters. The fourth-order valence-corrected chi connectivity index (χ4v) is 0.761. The van der Waals surface area contributed by atoms with Gasteiger partial charge in [0.2, 0.25) is 0 Å². The molecule has 0 radical (unpaired) electrons. The van der Waals surface area contributed by atoms with Gasteiger partial charge in [0, 0.05) is 15.9 Å². The molecule has 0 aliphatic heterocycles. The van der Waals surface area contributed by atoms with Crippen molar-refractivity contribution < 1.29 is 0 Å². The summed E-state index contributed by atoms with van der Waals surface area (Å²) in [5, 5.41) is 0.983. The number of hydrogen-bond donors (Lipinski definition) is 1. The molecule has 0 saturated heterocycles. The van der Waals surface area contributed by atoms with Crippen LogP contribution in [0.1, 0.15) is 0 Å². The standard InChI is InChI=1S/C3H6Br2S/c4-1-3(5)2-6/h3,6H,1-2H2. The highest BCUT2D eigenvalue weighted by Gasteiger charge is 1.93. The van der Waals surface area contributed by atoms with E-state index in [0.29, 0.717) is 4.83 Å². The molecule has 0 aromatic heterocycles. The van der Waals surface area contributed by atoms with E-state index in [-0.39, 0.29) is 0 Å². The average molecular weight is 234 g/mol. The van der Waals surface area contributed by atoms with Gasteiger partial charge in [-0.3, -0.25) is 0 Å². The number of halogens is 2. The smallest absolute Gasteiger partial charge is 0.0330 e. The molecule has 0 aromatic carbocycles. The maximum Gasteiger partial charge on any atom is 0.0330 e. The molecule has 0 saturated carbocycles. The van der Waals surface area contributed by atoms with E-state index in [4.69, 9.17) is 0 Å². The van der Waals surface area contributed by atoms with Crippen LogP contribution >= 0.6 is 44.5 Å². The van der Waals surface area contributed by atoms with Crippen LogP contribution in [0.4, 0.5) is 0 Å². The molecule has 0 heterocycles. The summed E-state index contributed by atoms with van der Waals surface area (Å²) in [6, 6.07) is 0. The lowest BCUT2D eigenvalue weighted by Crippen LogP contribution is -1.98. The van der Waals surface area contributed by atoms with Gasteiger partial charge in [-0.25, -0.2) is 0 Å². The molecule has 0 aliphatic rings. The monoisotopic (exact) mass is 232 g/mol. The quantitative estimate of drug-likeness (QED) is 0.548. The summed E-state index contributed by atoms with van der Waals surface area (Å²) in [6.45, 7) is 0. The lowest BCUT2D eigenvalue weighted by atomic mass is 10.6. The Morgan fingerprint density at radius 2 is 2.17 bits per heavy atom. The molecule has 0 aromatic rings. The van der Waals surface area contributed by atoms with Crippen LogP contribution in [0.15, 0.2) is 0 Å². The maximum absolute atomic E-state index is 4.02. The van der Waals surface area contributed by atoms with Crippen molar-refractivity contribution in [3.8, 4) is 0 Å². The second-order valence-corrected chi connectivity index (χ2v) is 3.24. The first-order chi connectivity index (χ1) is 2.81. The summed E-state index contributed by atoms with van der Waals surface area (Å²) in [7, 11) is 0. The van der Waals surface area contributed by atoms with Crippen LogP contribution in [0.5, 0.6) is 0 Å². The third-order valence-electron chi connectivity index (χ3n) is 0.366. The van der Waals surface area contributed by atoms with Gasteiger partial charge in [-0.2, -0.15) is 12.6 Å². The normalized spacial score (nSPS) is 14.5. The molecule has 0 spiro atoms. The van der Waals surface area contributed by atoms with Crippen LogP contribution in [-0.4, -0.2) is 15.9 Å². The van der Waals surface area contributed by atoms with Crippen molar-refractivity contribution in [2.75, 3.05) is 11.1 Å². The first-order valence-corrected chi connectivity index (χ1v) is 4.29. The molecule has 0 fully saturated rings. The molecule has 0 nitrogen and oxygen atoms in total. The Bertz CT molecular complexity index is 28.0. The fourth-order valence-electron chi connectivity index (χ4n) is 0.0488. The Labute approximate surface area is 60.4 Å². The number of rotatable bonds is 2. The highest BCUT2D eigenvalue weighted by Crippen LogP contribution is 2.03. The lowest BCUT2D eigenvalue weighted by molar-refractivity contribution is 1.19. The first kappa shape index (κ1) is 7.31. The zero-order valence-electron chi connectivity index (χ0n) is 3.19. The van der Waals surface area contributed by atoms with Gasteiger partial charge in [0.1, 0.15) is 0 Å². The topological polar surface area (TPSA) is 0 Å². The van der Waals surface area contributed by atoms with E-state index in [1.807, 2.05) is 0 Å². The van der Waals surface area contributed by atoms with E-state index < -0.39 is 0 Å². The van der Waals surface area contributed by atoms with Gasteiger partial charge < -0.3 is 0 Å². The molecule has 38 valence electrons. The predicted octanol–water partition coefficient (Wildman–Crippen LogP) is 2.07. The average Bonchev–Trinajstić information content (AvgIpc) is 1.65. The zero-order chi connectivity index (χ0) is 4.99. The summed E-state index contributed by atoms with van der Waals surface area (Å²) in [6.07, 6.45) is 0. The van der Waals surface area contributed by atoms with Gasteiger partial charge in [0.15, 0.2) is 0 Å². The molecule has 1 unspecified atom stereocenters. The largest absolute Gasteiger partial charge is 0.178 e. The summed E-state index contributed by atoms with van der Waals surface area (Å²) >= 11 is 10.7. The molecule has 6 heavy (non-hydrogen) atoms. The van der Waals surface area contributed by atoms with E-state index in [2.05, 4.69) is 44.5 Å². The van der Waals surface area contributed by atoms with Crippen molar-refractivity contribution in [1.29, 1.82) is 0 Å². The molecule has 0 amide bonds. The Balaban J connectivity index is 2.75. The Kier molecular flexibility index (Phi) is 5.44. The van der Waals surface area contributed by atoms with Crippen LogP contribution in [0.3, 0.4) is 0 Å². The molecule has 0 rings (SSSR count). The minimum atomic E-state index is 0.529. The van der Waals surface area contributed by atoms with Crippen molar-refractivity contribution in [3.05, 3.63) is 0 Å². The van der Waals surface area contributed by atoms with Crippen LogP contribution in [0.25, 0.3) is 0 Å². The SMILES string of the molecule is SCC(Br)CBr. The van der Waals surface area contributed by atoms with Gasteiger partial charge in [0.25, 0.3) is 0 Å². The van der Waals surface area contributed by atoms with E-state index in [1.54, 1.807) is 0 Å². The number of alkyl halides is 2. The first-order valence-electron chi connectivity index (χ1n) is 1.62. The van der Waals surface area contributed by atoms with E-state index in [1.165, 1.54) is 0 Å². The van der Waals surface area contributed by atoms with E-state index in [0.717, 1.165) is 11.1 Å². The van der Waals surface area contributed by atoms with Crippen molar-refractivity contribution in [2.45, 2.75) is 4.83 Å².